The summed E-state index contributed by atoms with van der Waals surface area (Å²) in [5.41, 5.74) is 0. The molecule has 5 nitrogen and oxygen atoms in total. The fraction of sp³-hybridized carbons (Fsp3) is 0.818. The first kappa shape index (κ1) is 15.6. The number of carbonyl (C=O) groups is 2. The van der Waals surface area contributed by atoms with Gasteiger partial charge in [0.2, 0.25) is 0 Å². The van der Waals surface area contributed by atoms with Crippen LogP contribution in [0.1, 0.15) is 25.7 Å². The van der Waals surface area contributed by atoms with Crippen LogP contribution in [-0.4, -0.2) is 47.8 Å². The first-order chi connectivity index (χ1) is 8.70. The van der Waals surface area contributed by atoms with E-state index in [2.05, 4.69) is 5.32 Å². The van der Waals surface area contributed by atoms with Crippen molar-refractivity contribution in [3.8, 4) is 0 Å². The topological polar surface area (TPSA) is 69.6 Å². The summed E-state index contributed by atoms with van der Waals surface area (Å²) in [6.07, 6.45) is -2.05. The zero-order valence-corrected chi connectivity index (χ0v) is 10.5. The maximum absolute atomic E-state index is 12.1. The Labute approximate surface area is 108 Å². The molecule has 8 heteroatoms. The lowest BCUT2D eigenvalue weighted by molar-refractivity contribution is -0.144. The minimum Gasteiger partial charge on any atom is -0.481 e. The summed E-state index contributed by atoms with van der Waals surface area (Å²) in [6, 6.07) is -1.50. The molecule has 0 spiro atoms. The van der Waals surface area contributed by atoms with Crippen LogP contribution in [-0.2, 0) is 4.79 Å². The second-order valence-corrected chi connectivity index (χ2v) is 4.76. The van der Waals surface area contributed by atoms with E-state index in [4.69, 9.17) is 5.11 Å². The highest BCUT2D eigenvalue weighted by atomic mass is 19.4. The number of hydrogen-bond donors (Lipinski definition) is 2. The SMILES string of the molecule is CN(CC(F)(F)F)C(=O)NC1CCCCC1C(=O)O. The van der Waals surface area contributed by atoms with Crippen molar-refractivity contribution in [3.05, 3.63) is 0 Å². The molecule has 0 heterocycles. The number of hydrogen-bond acceptors (Lipinski definition) is 2. The van der Waals surface area contributed by atoms with Gasteiger partial charge in [-0.3, -0.25) is 4.79 Å². The third-order valence-corrected chi connectivity index (χ3v) is 3.16. The highest BCUT2D eigenvalue weighted by Gasteiger charge is 2.35. The lowest BCUT2D eigenvalue weighted by Crippen LogP contribution is -2.50. The summed E-state index contributed by atoms with van der Waals surface area (Å²) in [4.78, 5) is 23.1. The summed E-state index contributed by atoms with van der Waals surface area (Å²) in [5, 5.41) is 11.4. The fourth-order valence-corrected chi connectivity index (χ4v) is 2.21. The molecule has 1 fully saturated rings. The Morgan fingerprint density at radius 1 is 1.32 bits per heavy atom. The normalized spacial score (nSPS) is 23.8. The van der Waals surface area contributed by atoms with Crippen molar-refractivity contribution in [2.75, 3.05) is 13.6 Å². The number of rotatable bonds is 3. The van der Waals surface area contributed by atoms with Crippen LogP contribution in [0.2, 0.25) is 0 Å². The first-order valence-corrected chi connectivity index (χ1v) is 6.02. The molecular formula is C11H17F3N2O3. The van der Waals surface area contributed by atoms with Crippen molar-refractivity contribution in [1.82, 2.24) is 10.2 Å². The number of alkyl halides is 3. The molecule has 0 saturated heterocycles. The average Bonchev–Trinajstić information content (AvgIpc) is 2.27. The molecule has 0 aromatic rings. The molecule has 2 unspecified atom stereocenters. The van der Waals surface area contributed by atoms with Crippen LogP contribution in [0.25, 0.3) is 0 Å². The lowest BCUT2D eigenvalue weighted by atomic mass is 9.84. The maximum atomic E-state index is 12.1. The van der Waals surface area contributed by atoms with Gasteiger partial charge in [-0.25, -0.2) is 4.79 Å². The van der Waals surface area contributed by atoms with Crippen molar-refractivity contribution in [2.24, 2.45) is 5.92 Å². The van der Waals surface area contributed by atoms with Gasteiger partial charge in [0.25, 0.3) is 0 Å². The Balaban J connectivity index is 2.56. The second kappa shape index (κ2) is 6.12. The molecular weight excluding hydrogens is 265 g/mol. The van der Waals surface area contributed by atoms with Gasteiger partial charge < -0.3 is 15.3 Å². The van der Waals surface area contributed by atoms with Crippen molar-refractivity contribution >= 4 is 12.0 Å². The number of carboxylic acid groups (broad SMARTS) is 1. The van der Waals surface area contributed by atoms with Crippen LogP contribution in [0.3, 0.4) is 0 Å². The Kier molecular flexibility index (Phi) is 5.02. The molecule has 2 atom stereocenters. The molecule has 2 amide bonds. The Morgan fingerprint density at radius 3 is 2.42 bits per heavy atom. The van der Waals surface area contributed by atoms with E-state index in [1.54, 1.807) is 0 Å². The number of carboxylic acids is 1. The van der Waals surface area contributed by atoms with E-state index in [1.165, 1.54) is 0 Å². The largest absolute Gasteiger partial charge is 0.481 e. The second-order valence-electron chi connectivity index (χ2n) is 4.76. The molecule has 1 aliphatic rings. The van der Waals surface area contributed by atoms with Gasteiger partial charge in [0.15, 0.2) is 0 Å². The van der Waals surface area contributed by atoms with Crippen LogP contribution in [0.5, 0.6) is 0 Å². The van der Waals surface area contributed by atoms with Crippen LogP contribution >= 0.6 is 0 Å². The third-order valence-electron chi connectivity index (χ3n) is 3.16. The summed E-state index contributed by atoms with van der Waals surface area (Å²) < 4.78 is 36.4. The highest BCUT2D eigenvalue weighted by molar-refractivity contribution is 5.76. The van der Waals surface area contributed by atoms with E-state index in [0.29, 0.717) is 17.7 Å². The standard InChI is InChI=1S/C11H17F3N2O3/c1-16(6-11(12,13)14)10(19)15-8-5-3-2-4-7(8)9(17)18/h7-8H,2-6H2,1H3,(H,15,19)(H,17,18). The monoisotopic (exact) mass is 282 g/mol. The first-order valence-electron chi connectivity index (χ1n) is 6.02. The molecule has 1 rings (SSSR count). The number of nitrogens with zero attached hydrogens (tertiary/aromatic N) is 1. The number of urea groups is 1. The number of aliphatic carboxylic acids is 1. The predicted molar refractivity (Wildman–Crippen MR) is 60.6 cm³/mol. The van der Waals surface area contributed by atoms with Crippen LogP contribution in [0.4, 0.5) is 18.0 Å². The minimum atomic E-state index is -4.47. The van der Waals surface area contributed by atoms with Gasteiger partial charge in [0, 0.05) is 13.1 Å². The zero-order valence-electron chi connectivity index (χ0n) is 10.5. The molecule has 1 aliphatic carbocycles. The quantitative estimate of drug-likeness (QED) is 0.829. The molecule has 1 saturated carbocycles. The number of amides is 2. The maximum Gasteiger partial charge on any atom is 0.406 e. The van der Waals surface area contributed by atoms with Crippen molar-refractivity contribution in [2.45, 2.75) is 37.9 Å². The molecule has 0 bridgehead atoms. The van der Waals surface area contributed by atoms with Crippen LogP contribution in [0.15, 0.2) is 0 Å². The molecule has 2 N–H and O–H groups in total. The van der Waals surface area contributed by atoms with Gasteiger partial charge in [-0.2, -0.15) is 13.2 Å². The van der Waals surface area contributed by atoms with Gasteiger partial charge in [0.1, 0.15) is 6.54 Å². The Bertz CT molecular complexity index is 347. The number of carbonyl (C=O) groups excluding carboxylic acids is 1. The lowest BCUT2D eigenvalue weighted by Gasteiger charge is -2.31. The molecule has 19 heavy (non-hydrogen) atoms. The highest BCUT2D eigenvalue weighted by Crippen LogP contribution is 2.25. The van der Waals surface area contributed by atoms with Crippen LogP contribution < -0.4 is 5.32 Å². The molecule has 110 valence electrons. The van der Waals surface area contributed by atoms with E-state index in [1.807, 2.05) is 0 Å². The van der Waals surface area contributed by atoms with Crippen LogP contribution in [0, 0.1) is 5.92 Å². The van der Waals surface area contributed by atoms with E-state index in [0.717, 1.165) is 19.9 Å². The fourth-order valence-electron chi connectivity index (χ4n) is 2.21. The van der Waals surface area contributed by atoms with E-state index in [-0.39, 0.29) is 0 Å². The molecule has 0 aliphatic heterocycles. The van der Waals surface area contributed by atoms with Crippen molar-refractivity contribution < 1.29 is 27.9 Å². The average molecular weight is 282 g/mol. The zero-order chi connectivity index (χ0) is 14.6. The Hall–Kier alpha value is -1.47. The smallest absolute Gasteiger partial charge is 0.406 e. The van der Waals surface area contributed by atoms with Gasteiger partial charge in [-0.1, -0.05) is 12.8 Å². The summed E-state index contributed by atoms with van der Waals surface area (Å²) in [5.74, 6) is -1.75. The van der Waals surface area contributed by atoms with Gasteiger partial charge in [-0.05, 0) is 12.8 Å². The summed E-state index contributed by atoms with van der Waals surface area (Å²) >= 11 is 0. The molecule has 0 aromatic heterocycles. The van der Waals surface area contributed by atoms with Crippen molar-refractivity contribution in [3.63, 3.8) is 0 Å². The van der Waals surface area contributed by atoms with E-state index in [9.17, 15) is 22.8 Å². The van der Waals surface area contributed by atoms with E-state index < -0.39 is 36.7 Å². The van der Waals surface area contributed by atoms with Crippen molar-refractivity contribution in [1.29, 1.82) is 0 Å². The minimum absolute atomic E-state index is 0.434. The predicted octanol–water partition coefficient (Wildman–Crippen LogP) is 1.83. The number of nitrogens with one attached hydrogen (secondary N) is 1. The summed E-state index contributed by atoms with van der Waals surface area (Å²) in [6.45, 7) is -1.36. The molecule has 0 aromatic carbocycles. The summed E-state index contributed by atoms with van der Waals surface area (Å²) in [7, 11) is 1.03. The van der Waals surface area contributed by atoms with Gasteiger partial charge in [0.05, 0.1) is 5.92 Å². The van der Waals surface area contributed by atoms with E-state index >= 15 is 0 Å². The molecule has 0 radical (unpaired) electrons. The van der Waals surface area contributed by atoms with Gasteiger partial charge in [-0.15, -0.1) is 0 Å². The Morgan fingerprint density at radius 2 is 1.89 bits per heavy atom. The number of halogens is 3. The third kappa shape index (κ3) is 4.96. The van der Waals surface area contributed by atoms with Gasteiger partial charge >= 0.3 is 18.2 Å².